The van der Waals surface area contributed by atoms with Gasteiger partial charge in [-0.25, -0.2) is 4.98 Å². The van der Waals surface area contributed by atoms with Crippen LogP contribution in [-0.2, 0) is 16.6 Å². The summed E-state index contributed by atoms with van der Waals surface area (Å²) in [6, 6.07) is 0.223. The molecule has 4 heteroatoms. The number of carbonyl (C=O) groups excluding carboxylic acids is 1. The van der Waals surface area contributed by atoms with Crippen LogP contribution in [0.15, 0.2) is 5.38 Å². The number of nitrogens with zero attached hydrogens (tertiary/aromatic N) is 1. The zero-order valence-corrected chi connectivity index (χ0v) is 12.2. The van der Waals surface area contributed by atoms with Crippen molar-refractivity contribution in [3.63, 3.8) is 0 Å². The molecule has 0 amide bonds. The summed E-state index contributed by atoms with van der Waals surface area (Å²) >= 11 is 1.60. The van der Waals surface area contributed by atoms with Crippen molar-refractivity contribution in [2.45, 2.75) is 57.9 Å². The fraction of sp³-hybridized carbons (Fsp3) is 0.714. The number of hydrogen-bond acceptors (Lipinski definition) is 4. The second kappa shape index (κ2) is 5.10. The van der Waals surface area contributed by atoms with Gasteiger partial charge in [-0.3, -0.25) is 4.79 Å². The molecule has 2 unspecified atom stereocenters. The zero-order chi connectivity index (χ0) is 13.3. The Kier molecular flexibility index (Phi) is 3.87. The van der Waals surface area contributed by atoms with Crippen molar-refractivity contribution in [3.05, 3.63) is 16.1 Å². The molecule has 0 aromatic carbocycles. The fourth-order valence-corrected chi connectivity index (χ4v) is 3.37. The van der Waals surface area contributed by atoms with Crippen LogP contribution in [0.5, 0.6) is 0 Å². The molecular formula is C14H22N2OS. The van der Waals surface area contributed by atoms with E-state index in [0.29, 0.717) is 12.2 Å². The second-order valence-corrected chi connectivity index (χ2v) is 7.23. The quantitative estimate of drug-likeness (QED) is 0.915. The lowest BCUT2D eigenvalue weighted by molar-refractivity contribution is -0.122. The highest BCUT2D eigenvalue weighted by atomic mass is 32.1. The van der Waals surface area contributed by atoms with Crippen molar-refractivity contribution in [1.82, 2.24) is 4.98 Å². The summed E-state index contributed by atoms with van der Waals surface area (Å²) in [5.74, 6) is 0.486. The Morgan fingerprint density at radius 3 is 2.72 bits per heavy atom. The molecule has 100 valence electrons. The lowest BCUT2D eigenvalue weighted by Crippen LogP contribution is -2.19. The molecule has 2 atom stereocenters. The lowest BCUT2D eigenvalue weighted by Gasteiger charge is -2.14. The Balaban J connectivity index is 1.97. The maximum absolute atomic E-state index is 12.1. The van der Waals surface area contributed by atoms with Gasteiger partial charge < -0.3 is 5.73 Å². The monoisotopic (exact) mass is 266 g/mol. The van der Waals surface area contributed by atoms with Gasteiger partial charge >= 0.3 is 0 Å². The molecule has 3 nitrogen and oxygen atoms in total. The summed E-state index contributed by atoms with van der Waals surface area (Å²) in [6.45, 7) is 6.43. The van der Waals surface area contributed by atoms with Crippen LogP contribution in [-0.4, -0.2) is 16.8 Å². The van der Waals surface area contributed by atoms with Gasteiger partial charge in [-0.1, -0.05) is 20.8 Å². The van der Waals surface area contributed by atoms with Crippen molar-refractivity contribution >= 4 is 17.1 Å². The molecule has 1 saturated carbocycles. The molecule has 1 aromatic rings. The highest BCUT2D eigenvalue weighted by Gasteiger charge is 2.28. The van der Waals surface area contributed by atoms with Gasteiger partial charge in [0.2, 0.25) is 0 Å². The van der Waals surface area contributed by atoms with Crippen LogP contribution in [0.2, 0.25) is 0 Å². The predicted molar refractivity (Wildman–Crippen MR) is 74.8 cm³/mol. The molecule has 0 aliphatic heterocycles. The van der Waals surface area contributed by atoms with Gasteiger partial charge in [0.05, 0.1) is 12.1 Å². The third-order valence-corrected chi connectivity index (χ3v) is 4.42. The van der Waals surface area contributed by atoms with E-state index in [4.69, 9.17) is 5.73 Å². The average Bonchev–Trinajstić information content (AvgIpc) is 2.85. The Labute approximate surface area is 113 Å². The molecule has 1 heterocycles. The van der Waals surface area contributed by atoms with Gasteiger partial charge in [-0.15, -0.1) is 11.3 Å². The largest absolute Gasteiger partial charge is 0.328 e. The van der Waals surface area contributed by atoms with Crippen LogP contribution >= 0.6 is 11.3 Å². The van der Waals surface area contributed by atoms with Gasteiger partial charge in [-0.2, -0.15) is 0 Å². The predicted octanol–water partition coefficient (Wildman–Crippen LogP) is 2.68. The first-order valence-electron chi connectivity index (χ1n) is 6.59. The first kappa shape index (κ1) is 13.7. The number of ketones is 1. The van der Waals surface area contributed by atoms with Gasteiger partial charge in [0.1, 0.15) is 10.8 Å². The number of carbonyl (C=O) groups is 1. The van der Waals surface area contributed by atoms with Crippen LogP contribution in [0.4, 0.5) is 0 Å². The minimum atomic E-state index is 0.0630. The molecule has 0 saturated heterocycles. The van der Waals surface area contributed by atoms with Crippen molar-refractivity contribution in [2.75, 3.05) is 0 Å². The van der Waals surface area contributed by atoms with E-state index < -0.39 is 0 Å². The first-order chi connectivity index (χ1) is 8.36. The number of nitrogens with two attached hydrogens (primary N) is 1. The number of thiazole rings is 1. The van der Waals surface area contributed by atoms with Crippen LogP contribution < -0.4 is 5.73 Å². The Morgan fingerprint density at radius 2 is 2.22 bits per heavy atom. The minimum absolute atomic E-state index is 0.0630. The molecule has 0 radical (unpaired) electrons. The maximum Gasteiger partial charge on any atom is 0.142 e. The van der Waals surface area contributed by atoms with E-state index in [1.54, 1.807) is 11.3 Å². The first-order valence-corrected chi connectivity index (χ1v) is 7.47. The van der Waals surface area contributed by atoms with Crippen LogP contribution in [0.1, 0.15) is 50.7 Å². The van der Waals surface area contributed by atoms with Gasteiger partial charge in [-0.05, 0) is 19.3 Å². The SMILES string of the molecule is CC(C)(C)c1csc(CC(=O)C2CCC(N)C2)n1. The third-order valence-electron chi connectivity index (χ3n) is 3.57. The fourth-order valence-electron chi connectivity index (χ4n) is 2.34. The highest BCUT2D eigenvalue weighted by molar-refractivity contribution is 7.09. The molecule has 1 aliphatic carbocycles. The van der Waals surface area contributed by atoms with Gasteiger partial charge in [0, 0.05) is 22.8 Å². The van der Waals surface area contributed by atoms with E-state index in [9.17, 15) is 4.79 Å². The van der Waals surface area contributed by atoms with Crippen molar-refractivity contribution < 1.29 is 4.79 Å². The minimum Gasteiger partial charge on any atom is -0.328 e. The Hall–Kier alpha value is -0.740. The van der Waals surface area contributed by atoms with Crippen molar-refractivity contribution in [3.8, 4) is 0 Å². The van der Waals surface area contributed by atoms with Crippen LogP contribution in [0, 0.1) is 5.92 Å². The topological polar surface area (TPSA) is 56.0 Å². The summed E-state index contributed by atoms with van der Waals surface area (Å²) < 4.78 is 0. The molecule has 0 bridgehead atoms. The Morgan fingerprint density at radius 1 is 1.50 bits per heavy atom. The molecule has 2 rings (SSSR count). The van der Waals surface area contributed by atoms with E-state index in [1.807, 2.05) is 0 Å². The molecule has 18 heavy (non-hydrogen) atoms. The number of aromatic nitrogens is 1. The Bertz CT molecular complexity index is 433. The van der Waals surface area contributed by atoms with E-state index in [2.05, 4.69) is 31.1 Å². The summed E-state index contributed by atoms with van der Waals surface area (Å²) in [5.41, 5.74) is 7.00. The highest BCUT2D eigenvalue weighted by Crippen LogP contribution is 2.28. The molecular weight excluding hydrogens is 244 g/mol. The molecule has 2 N–H and O–H groups in total. The normalized spacial score (nSPS) is 24.4. The summed E-state index contributed by atoms with van der Waals surface area (Å²) in [4.78, 5) is 16.7. The van der Waals surface area contributed by atoms with E-state index in [-0.39, 0.29) is 17.4 Å². The number of rotatable bonds is 3. The van der Waals surface area contributed by atoms with Gasteiger partial charge in [0.25, 0.3) is 0 Å². The van der Waals surface area contributed by atoms with E-state index in [0.717, 1.165) is 30.0 Å². The molecule has 1 fully saturated rings. The number of Topliss-reactive ketones (excluding diaryl/α,β-unsaturated/α-hetero) is 1. The zero-order valence-electron chi connectivity index (χ0n) is 11.4. The van der Waals surface area contributed by atoms with Gasteiger partial charge in [0.15, 0.2) is 0 Å². The van der Waals surface area contributed by atoms with Crippen molar-refractivity contribution in [2.24, 2.45) is 11.7 Å². The average molecular weight is 266 g/mol. The molecule has 0 spiro atoms. The smallest absolute Gasteiger partial charge is 0.142 e. The maximum atomic E-state index is 12.1. The molecule has 1 aromatic heterocycles. The summed E-state index contributed by atoms with van der Waals surface area (Å²) in [5, 5.41) is 3.02. The summed E-state index contributed by atoms with van der Waals surface area (Å²) in [6.07, 6.45) is 3.29. The second-order valence-electron chi connectivity index (χ2n) is 6.29. The third kappa shape index (κ3) is 3.18. The van der Waals surface area contributed by atoms with Crippen molar-refractivity contribution in [1.29, 1.82) is 0 Å². The van der Waals surface area contributed by atoms with E-state index >= 15 is 0 Å². The van der Waals surface area contributed by atoms with Crippen LogP contribution in [0.3, 0.4) is 0 Å². The summed E-state index contributed by atoms with van der Waals surface area (Å²) in [7, 11) is 0. The molecule has 1 aliphatic rings. The number of hydrogen-bond donors (Lipinski definition) is 1. The van der Waals surface area contributed by atoms with E-state index in [1.165, 1.54) is 0 Å². The van der Waals surface area contributed by atoms with Crippen LogP contribution in [0.25, 0.3) is 0 Å². The standard InChI is InChI=1S/C14H22N2OS/c1-14(2,3)12-8-18-13(16-12)7-11(17)9-4-5-10(15)6-9/h8-10H,4-7,15H2,1-3H3. The lowest BCUT2D eigenvalue weighted by atomic mass is 9.93.